The van der Waals surface area contributed by atoms with E-state index in [1.54, 1.807) is 12.1 Å². The predicted molar refractivity (Wildman–Crippen MR) is 107 cm³/mol. The number of benzene rings is 1. The fraction of sp³-hybridized carbons (Fsp3) is 0.211. The first kappa shape index (κ1) is 19.8. The SMILES string of the molecule is Cc1cc(C)n2nc(C(=O)Nc3nc(-c4ccc(OC(F)F)cc4)c(C)s3)nc2n1. The van der Waals surface area contributed by atoms with Crippen molar-refractivity contribution in [3.05, 3.63) is 52.4 Å². The average Bonchev–Trinajstić information content (AvgIpc) is 3.25. The van der Waals surface area contributed by atoms with E-state index in [9.17, 15) is 13.6 Å². The molecule has 0 fully saturated rings. The number of anilines is 1. The molecule has 3 aromatic heterocycles. The largest absolute Gasteiger partial charge is 0.435 e. The highest BCUT2D eigenvalue weighted by Gasteiger charge is 2.18. The van der Waals surface area contributed by atoms with Crippen LogP contribution in [-0.4, -0.2) is 37.1 Å². The Hall–Kier alpha value is -3.47. The number of hydrogen-bond acceptors (Lipinski definition) is 7. The molecular weight excluding hydrogens is 414 g/mol. The molecule has 154 valence electrons. The van der Waals surface area contributed by atoms with Gasteiger partial charge in [0.05, 0.1) is 5.69 Å². The Kier molecular flexibility index (Phi) is 5.12. The molecule has 1 amide bonds. The zero-order chi connectivity index (χ0) is 21.4. The van der Waals surface area contributed by atoms with E-state index in [2.05, 4.69) is 30.1 Å². The number of thiazole rings is 1. The van der Waals surface area contributed by atoms with E-state index in [4.69, 9.17) is 0 Å². The molecule has 0 unspecified atom stereocenters. The fourth-order valence-electron chi connectivity index (χ4n) is 2.93. The molecule has 30 heavy (non-hydrogen) atoms. The lowest BCUT2D eigenvalue weighted by molar-refractivity contribution is -0.0498. The first-order chi connectivity index (χ1) is 14.3. The van der Waals surface area contributed by atoms with Crippen molar-refractivity contribution in [1.82, 2.24) is 24.6 Å². The Morgan fingerprint density at radius 2 is 1.87 bits per heavy atom. The molecule has 11 heteroatoms. The average molecular weight is 430 g/mol. The molecule has 0 saturated carbocycles. The third kappa shape index (κ3) is 3.96. The van der Waals surface area contributed by atoms with E-state index in [1.807, 2.05) is 26.8 Å². The number of rotatable bonds is 5. The summed E-state index contributed by atoms with van der Waals surface area (Å²) < 4.78 is 30.4. The Morgan fingerprint density at radius 1 is 1.13 bits per heavy atom. The molecule has 0 aliphatic rings. The Morgan fingerprint density at radius 3 is 2.57 bits per heavy atom. The molecule has 0 bridgehead atoms. The van der Waals surface area contributed by atoms with Crippen LogP contribution in [0.15, 0.2) is 30.3 Å². The van der Waals surface area contributed by atoms with Crippen LogP contribution < -0.4 is 10.1 Å². The molecule has 0 radical (unpaired) electrons. The summed E-state index contributed by atoms with van der Waals surface area (Å²) in [5.74, 6) is -0.107. The van der Waals surface area contributed by atoms with Crippen LogP contribution in [0.25, 0.3) is 17.0 Å². The van der Waals surface area contributed by atoms with Gasteiger partial charge in [-0.05, 0) is 51.1 Å². The number of fused-ring (bicyclic) bond motifs is 1. The van der Waals surface area contributed by atoms with Crippen LogP contribution in [0.1, 0.15) is 26.9 Å². The first-order valence-electron chi connectivity index (χ1n) is 8.85. The minimum Gasteiger partial charge on any atom is -0.435 e. The van der Waals surface area contributed by atoms with Gasteiger partial charge < -0.3 is 4.74 Å². The van der Waals surface area contributed by atoms with Gasteiger partial charge in [-0.2, -0.15) is 13.8 Å². The maximum absolute atomic E-state index is 12.6. The number of amides is 1. The Labute approximate surface area is 173 Å². The van der Waals surface area contributed by atoms with Gasteiger partial charge in [0.2, 0.25) is 5.82 Å². The fourth-order valence-corrected chi connectivity index (χ4v) is 3.76. The van der Waals surface area contributed by atoms with Gasteiger partial charge in [-0.15, -0.1) is 16.4 Å². The number of ether oxygens (including phenoxy) is 1. The van der Waals surface area contributed by atoms with Gasteiger partial charge in [0.1, 0.15) is 5.75 Å². The smallest absolute Gasteiger partial charge is 0.387 e. The van der Waals surface area contributed by atoms with E-state index >= 15 is 0 Å². The van der Waals surface area contributed by atoms with Gasteiger partial charge in [-0.25, -0.2) is 14.5 Å². The second-order valence-electron chi connectivity index (χ2n) is 6.47. The van der Waals surface area contributed by atoms with E-state index in [1.165, 1.54) is 28.0 Å². The quantitative estimate of drug-likeness (QED) is 0.514. The maximum atomic E-state index is 12.6. The third-order valence-electron chi connectivity index (χ3n) is 4.19. The van der Waals surface area contributed by atoms with Crippen LogP contribution in [0, 0.1) is 20.8 Å². The van der Waals surface area contributed by atoms with Crippen LogP contribution in [-0.2, 0) is 0 Å². The monoisotopic (exact) mass is 430 g/mol. The summed E-state index contributed by atoms with van der Waals surface area (Å²) in [6.45, 7) is 2.67. The summed E-state index contributed by atoms with van der Waals surface area (Å²) in [6, 6.07) is 7.99. The number of carbonyl (C=O) groups is 1. The van der Waals surface area contributed by atoms with Crippen LogP contribution in [0.5, 0.6) is 5.75 Å². The molecule has 4 rings (SSSR count). The summed E-state index contributed by atoms with van der Waals surface area (Å²) in [7, 11) is 0. The highest BCUT2D eigenvalue weighted by Crippen LogP contribution is 2.31. The molecule has 0 aliphatic carbocycles. The molecule has 1 aromatic carbocycles. The number of nitrogens with zero attached hydrogens (tertiary/aromatic N) is 5. The van der Waals surface area contributed by atoms with Gasteiger partial charge in [0.25, 0.3) is 11.7 Å². The van der Waals surface area contributed by atoms with Crippen molar-refractivity contribution < 1.29 is 18.3 Å². The summed E-state index contributed by atoms with van der Waals surface area (Å²) >= 11 is 1.29. The molecule has 0 atom stereocenters. The summed E-state index contributed by atoms with van der Waals surface area (Å²) in [5.41, 5.74) is 2.95. The van der Waals surface area contributed by atoms with Crippen molar-refractivity contribution in [3.63, 3.8) is 0 Å². The molecule has 1 N–H and O–H groups in total. The van der Waals surface area contributed by atoms with Crippen molar-refractivity contribution in [2.45, 2.75) is 27.4 Å². The predicted octanol–water partition coefficient (Wildman–Crippen LogP) is 4.03. The van der Waals surface area contributed by atoms with Crippen LogP contribution in [0.4, 0.5) is 13.9 Å². The van der Waals surface area contributed by atoms with Crippen LogP contribution >= 0.6 is 11.3 Å². The number of nitrogens with one attached hydrogen (secondary N) is 1. The van der Waals surface area contributed by atoms with Crippen LogP contribution in [0.3, 0.4) is 0 Å². The normalized spacial score (nSPS) is 11.3. The maximum Gasteiger partial charge on any atom is 0.387 e. The number of hydrogen-bond donors (Lipinski definition) is 1. The molecule has 4 aromatic rings. The van der Waals surface area contributed by atoms with Crippen molar-refractivity contribution in [2.24, 2.45) is 0 Å². The molecule has 0 spiro atoms. The number of carbonyl (C=O) groups excluding carboxylic acids is 1. The highest BCUT2D eigenvalue weighted by atomic mass is 32.1. The number of aromatic nitrogens is 5. The Balaban J connectivity index is 1.55. The second-order valence-corrected chi connectivity index (χ2v) is 7.67. The summed E-state index contributed by atoms with van der Waals surface area (Å²) in [6.07, 6.45) is 0. The number of halogens is 2. The summed E-state index contributed by atoms with van der Waals surface area (Å²) in [5, 5.41) is 7.28. The topological polar surface area (TPSA) is 94.3 Å². The number of alkyl halides is 2. The molecule has 0 aliphatic heterocycles. The van der Waals surface area contributed by atoms with Gasteiger partial charge in [0.15, 0.2) is 5.13 Å². The van der Waals surface area contributed by atoms with Crippen molar-refractivity contribution >= 4 is 28.2 Å². The number of aryl methyl sites for hydroxylation is 3. The zero-order valence-corrected chi connectivity index (χ0v) is 17.0. The van der Waals surface area contributed by atoms with E-state index in [0.717, 1.165) is 16.3 Å². The molecular formula is C19H16F2N6O2S. The zero-order valence-electron chi connectivity index (χ0n) is 16.2. The van der Waals surface area contributed by atoms with Crippen molar-refractivity contribution in [2.75, 3.05) is 5.32 Å². The molecule has 3 heterocycles. The first-order valence-corrected chi connectivity index (χ1v) is 9.67. The van der Waals surface area contributed by atoms with E-state index in [-0.39, 0.29) is 11.6 Å². The second kappa shape index (κ2) is 7.75. The lowest BCUT2D eigenvalue weighted by atomic mass is 10.1. The minimum absolute atomic E-state index is 0.0147. The Bertz CT molecular complexity index is 1240. The molecule has 8 nitrogen and oxygen atoms in total. The highest BCUT2D eigenvalue weighted by molar-refractivity contribution is 7.16. The minimum atomic E-state index is -2.88. The standard InChI is InChI=1S/C19H16F2N6O2S/c1-9-8-10(2)27-18(22-9)24-15(26-27)16(28)25-19-23-14(11(3)30-19)12-4-6-13(7-5-12)29-17(20)21/h4-8,17H,1-3H3,(H,23,25,28). The van der Waals surface area contributed by atoms with Crippen LogP contribution in [0.2, 0.25) is 0 Å². The van der Waals surface area contributed by atoms with E-state index < -0.39 is 12.5 Å². The van der Waals surface area contributed by atoms with Gasteiger partial charge in [-0.1, -0.05) is 0 Å². The lowest BCUT2D eigenvalue weighted by Gasteiger charge is -2.05. The lowest BCUT2D eigenvalue weighted by Crippen LogP contribution is -2.13. The molecule has 0 saturated heterocycles. The van der Waals surface area contributed by atoms with Crippen molar-refractivity contribution in [3.8, 4) is 17.0 Å². The summed E-state index contributed by atoms with van der Waals surface area (Å²) in [4.78, 5) is 26.3. The van der Waals surface area contributed by atoms with Gasteiger partial charge in [0, 0.05) is 21.8 Å². The van der Waals surface area contributed by atoms with Crippen molar-refractivity contribution in [1.29, 1.82) is 0 Å². The third-order valence-corrected chi connectivity index (χ3v) is 5.08. The van der Waals surface area contributed by atoms with E-state index in [0.29, 0.717) is 22.2 Å². The van der Waals surface area contributed by atoms with Gasteiger partial charge in [-0.3, -0.25) is 10.1 Å². The van der Waals surface area contributed by atoms with Gasteiger partial charge >= 0.3 is 6.61 Å².